The zero-order chi connectivity index (χ0) is 57.4. The maximum absolute atomic E-state index is 14.7. The van der Waals surface area contributed by atoms with Gasteiger partial charge in [-0.1, -0.05) is 49.6 Å². The average Bonchev–Trinajstić information content (AvgIpc) is 3.04. The Hall–Kier alpha value is -9.23. The second-order valence-corrected chi connectivity index (χ2v) is 23.7. The highest BCUT2D eigenvalue weighted by Crippen LogP contribution is 2.64. The number of hydrogen-bond acceptors (Lipinski definition) is 14. The lowest BCUT2D eigenvalue weighted by atomic mass is 9.49. The van der Waals surface area contributed by atoms with Crippen LogP contribution in [0.5, 0.6) is 11.5 Å². The quantitative estimate of drug-likeness (QED) is 0.0594. The first kappa shape index (κ1) is 52.8. The van der Waals surface area contributed by atoms with Gasteiger partial charge in [0.05, 0.1) is 71.8 Å². The molecule has 4 aromatic heterocycles. The van der Waals surface area contributed by atoms with E-state index >= 15 is 0 Å². The number of fused-ring (bicyclic) bond motifs is 2. The second kappa shape index (κ2) is 20.9. The van der Waals surface area contributed by atoms with Crippen LogP contribution >= 0.6 is 0 Å². The molecule has 6 aliphatic carbocycles. The molecule has 16 rings (SSSR count). The third-order valence-electron chi connectivity index (χ3n) is 18.6. The first-order chi connectivity index (χ1) is 40.9. The van der Waals surface area contributed by atoms with E-state index in [4.69, 9.17) is 24.4 Å². The smallest absolute Gasteiger partial charge is 0.247 e. The third kappa shape index (κ3) is 9.30. The van der Waals surface area contributed by atoms with Crippen LogP contribution in [-0.4, -0.2) is 130 Å². The number of nitrogens with zero attached hydrogens (tertiary/aromatic N) is 10. The van der Waals surface area contributed by atoms with Crippen molar-refractivity contribution >= 4 is 85.5 Å². The van der Waals surface area contributed by atoms with Crippen LogP contribution in [0.1, 0.15) is 44.2 Å². The summed E-state index contributed by atoms with van der Waals surface area (Å²) in [5.41, 5.74) is 10.5. The summed E-state index contributed by atoms with van der Waals surface area (Å²) in [4.78, 5) is 69.1. The van der Waals surface area contributed by atoms with Gasteiger partial charge in [0.1, 0.15) is 11.5 Å². The van der Waals surface area contributed by atoms with Gasteiger partial charge in [-0.15, -0.1) is 0 Å². The second-order valence-electron chi connectivity index (χ2n) is 23.7. The van der Waals surface area contributed by atoms with E-state index in [1.165, 1.54) is 56.2 Å². The van der Waals surface area contributed by atoms with Gasteiger partial charge in [-0.3, -0.25) is 14.4 Å². The van der Waals surface area contributed by atoms with Crippen LogP contribution in [0.3, 0.4) is 0 Å². The number of piperazine rings is 2. The highest BCUT2D eigenvalue weighted by Gasteiger charge is 2.59. The van der Waals surface area contributed by atoms with E-state index in [2.05, 4.69) is 131 Å². The summed E-state index contributed by atoms with van der Waals surface area (Å²) >= 11 is 0. The molecule has 84 heavy (non-hydrogen) atoms. The van der Waals surface area contributed by atoms with Gasteiger partial charge in [0.2, 0.25) is 29.6 Å². The van der Waals surface area contributed by atoms with E-state index in [1.54, 1.807) is 20.4 Å². The fourth-order valence-corrected chi connectivity index (χ4v) is 13.9. The molecule has 2 aliphatic heterocycles. The third-order valence-corrected chi connectivity index (χ3v) is 18.6. The standard InChI is InChI=1S/C65H68N14O5/c1-6-59(80)68-49-28-51(72-62-66-17-16-47(70-62)45-38-78(64-32-40(33-64)34-64)53-14-10-8-12-43(45)53)57(83-4)31-56(49)76-22-24-77(25-23-76)61(82)27-42-26-48(46-39-79(65-35-41(36-65)37-65)54-15-11-9-13-44(46)54)71-63(67-42)73-52-29-50(69-60(81)7-2)55(30-58(52)84-5)75-20-18-74(3)19-21-75/h6-17,26,28-31,38-41H,1-2,18-25,27,32-37H2,3-5H3,(H,68,80)(H,69,81)(H,66,70,72)(H,67,71,73). The first-order valence-corrected chi connectivity index (χ1v) is 29.1. The molecular weight excluding hydrogens is 1060 g/mol. The van der Waals surface area contributed by atoms with Gasteiger partial charge in [0, 0.05) is 127 Å². The molecule has 2 saturated heterocycles. The molecule has 6 saturated carbocycles. The molecule has 3 amide bonds. The Balaban J connectivity index is 0.735. The van der Waals surface area contributed by atoms with Crippen LogP contribution < -0.4 is 40.5 Å². The van der Waals surface area contributed by atoms with Crippen molar-refractivity contribution < 1.29 is 23.9 Å². The minimum Gasteiger partial charge on any atom is -0.494 e. The number of rotatable bonds is 18. The van der Waals surface area contributed by atoms with Crippen molar-refractivity contribution in [2.75, 3.05) is 105 Å². The summed E-state index contributed by atoms with van der Waals surface area (Å²) in [6.45, 7) is 12.5. The Morgan fingerprint density at radius 3 is 1.58 bits per heavy atom. The molecule has 4 bridgehead atoms. The Kier molecular flexibility index (Phi) is 13.1. The van der Waals surface area contributed by atoms with Gasteiger partial charge in [-0.25, -0.2) is 19.9 Å². The summed E-state index contributed by atoms with van der Waals surface area (Å²) in [7, 11) is 5.33. The molecular formula is C65H68N14O5. The number of aromatic nitrogens is 6. The topological polar surface area (TPSA) is 192 Å². The molecule has 6 heterocycles. The highest BCUT2D eigenvalue weighted by atomic mass is 16.5. The van der Waals surface area contributed by atoms with Crippen LogP contribution in [0.25, 0.3) is 44.3 Å². The number of anilines is 8. The lowest BCUT2D eigenvalue weighted by molar-refractivity contribution is -0.130. The number of para-hydroxylation sites is 2. The van der Waals surface area contributed by atoms with Crippen molar-refractivity contribution in [3.05, 3.63) is 135 Å². The fraction of sp³-hybridized carbons (Fsp3) is 0.338. The number of nitrogens with one attached hydrogen (secondary N) is 4. The van der Waals surface area contributed by atoms with Crippen LogP contribution in [0.4, 0.5) is 46.0 Å². The van der Waals surface area contributed by atoms with Crippen molar-refractivity contribution in [2.24, 2.45) is 11.8 Å². The summed E-state index contributed by atoms with van der Waals surface area (Å²) in [6, 6.07) is 28.4. The van der Waals surface area contributed by atoms with E-state index in [-0.39, 0.29) is 41.2 Å². The lowest BCUT2D eigenvalue weighted by Crippen LogP contribution is -2.58. The van der Waals surface area contributed by atoms with Crippen LogP contribution in [0, 0.1) is 11.8 Å². The minimum absolute atomic E-state index is 0.00985. The van der Waals surface area contributed by atoms with Gasteiger partial charge < -0.3 is 59.5 Å². The molecule has 8 aliphatic rings. The van der Waals surface area contributed by atoms with E-state index in [0.29, 0.717) is 77.8 Å². The van der Waals surface area contributed by atoms with Crippen LogP contribution in [0.2, 0.25) is 0 Å². The first-order valence-electron chi connectivity index (χ1n) is 29.1. The van der Waals surface area contributed by atoms with Crippen molar-refractivity contribution in [3.63, 3.8) is 0 Å². The largest absolute Gasteiger partial charge is 0.494 e. The van der Waals surface area contributed by atoms with Gasteiger partial charge in [0.15, 0.2) is 0 Å². The molecule has 0 atom stereocenters. The van der Waals surface area contributed by atoms with Crippen molar-refractivity contribution in [3.8, 4) is 34.0 Å². The van der Waals surface area contributed by atoms with Crippen molar-refractivity contribution in [1.29, 1.82) is 0 Å². The molecule has 4 N–H and O–H groups in total. The molecule has 19 heteroatoms. The highest BCUT2D eigenvalue weighted by molar-refractivity contribution is 6.04. The van der Waals surface area contributed by atoms with Crippen molar-refractivity contribution in [2.45, 2.75) is 56.0 Å². The Bertz CT molecular complexity index is 3950. The number of carbonyl (C=O) groups is 3. The Labute approximate surface area is 487 Å². The Morgan fingerprint density at radius 1 is 0.595 bits per heavy atom. The molecule has 8 fully saturated rings. The maximum atomic E-state index is 14.7. The summed E-state index contributed by atoms with van der Waals surface area (Å²) in [5, 5.41) is 15.1. The van der Waals surface area contributed by atoms with E-state index in [0.717, 1.165) is 82.5 Å². The predicted molar refractivity (Wildman–Crippen MR) is 329 cm³/mol. The number of ether oxygens (including phenoxy) is 2. The summed E-state index contributed by atoms with van der Waals surface area (Å²) in [5.74, 6) is 2.54. The predicted octanol–water partition coefficient (Wildman–Crippen LogP) is 9.92. The van der Waals surface area contributed by atoms with E-state index in [1.807, 2.05) is 41.3 Å². The van der Waals surface area contributed by atoms with Crippen molar-refractivity contribution in [1.82, 2.24) is 38.9 Å². The Morgan fingerprint density at radius 2 is 1.08 bits per heavy atom. The summed E-state index contributed by atoms with van der Waals surface area (Å²) < 4.78 is 17.0. The van der Waals surface area contributed by atoms with E-state index < -0.39 is 0 Å². The minimum atomic E-state index is -0.373. The fourth-order valence-electron chi connectivity index (χ4n) is 13.9. The molecule has 0 spiro atoms. The number of amides is 3. The molecule has 428 valence electrons. The lowest BCUT2D eigenvalue weighted by Gasteiger charge is -2.62. The SMILES string of the molecule is C=CC(=O)Nc1cc(Nc2nc(CC(=O)N3CCN(c4cc(OC)c(Nc5nccc(-c6cn(C78CC(C7)C8)c7ccccc67)n5)cc4NC(=O)C=C)CC3)cc(-c3cn(C45CC(C4)C5)c4ccccc34)n2)c(OC)cc1N1CCN(C)CC1. The number of hydrogen-bond donors (Lipinski definition) is 4. The molecule has 8 aromatic rings. The number of likely N-dealkylation sites (N-methyl/N-ethyl adjacent to an activating group) is 1. The molecule has 0 unspecified atom stereocenters. The summed E-state index contributed by atoms with van der Waals surface area (Å²) in [6.07, 6.45) is 15.9. The van der Waals surface area contributed by atoms with Crippen LogP contribution in [0.15, 0.2) is 129 Å². The molecule has 4 aromatic carbocycles. The van der Waals surface area contributed by atoms with Gasteiger partial charge >= 0.3 is 0 Å². The number of methoxy groups -OCH3 is 2. The van der Waals surface area contributed by atoms with Gasteiger partial charge in [0.25, 0.3) is 0 Å². The average molecular weight is 1130 g/mol. The van der Waals surface area contributed by atoms with Gasteiger partial charge in [-0.05, 0) is 106 Å². The zero-order valence-corrected chi connectivity index (χ0v) is 47.7. The maximum Gasteiger partial charge on any atom is 0.247 e. The monoisotopic (exact) mass is 1120 g/mol. The molecule has 19 nitrogen and oxygen atoms in total. The normalized spacial score (nSPS) is 21.3. The number of carbonyl (C=O) groups excluding carboxylic acids is 3. The van der Waals surface area contributed by atoms with Gasteiger partial charge in [-0.2, -0.15) is 0 Å². The number of benzene rings is 4. The molecule has 0 radical (unpaired) electrons. The van der Waals surface area contributed by atoms with Crippen LogP contribution in [-0.2, 0) is 31.9 Å². The van der Waals surface area contributed by atoms with E-state index in [9.17, 15) is 14.4 Å². The zero-order valence-electron chi connectivity index (χ0n) is 47.7.